The Morgan fingerprint density at radius 3 is 1.21 bits per heavy atom. The summed E-state index contributed by atoms with van der Waals surface area (Å²) in [6.45, 7) is 4.06. The molecular formula is C18H37O. The summed E-state index contributed by atoms with van der Waals surface area (Å²) < 4.78 is 0. The van der Waals surface area contributed by atoms with Gasteiger partial charge >= 0.3 is 0 Å². The molecule has 0 bridgehead atoms. The Bertz CT molecular complexity index is 154. The molecule has 0 aliphatic rings. The molecule has 0 aromatic rings. The highest BCUT2D eigenvalue weighted by molar-refractivity contribution is 4.51. The van der Waals surface area contributed by atoms with E-state index in [1.54, 1.807) is 6.92 Å². The molecule has 115 valence electrons. The maximum Gasteiger partial charge on any atom is 0.0902 e. The van der Waals surface area contributed by atoms with Crippen LogP contribution in [-0.2, 0) is 5.11 Å². The Hall–Kier alpha value is -0.0400. The van der Waals surface area contributed by atoms with Crippen molar-refractivity contribution in [2.24, 2.45) is 0 Å². The number of hydrogen-bond donors (Lipinski definition) is 0. The van der Waals surface area contributed by atoms with Gasteiger partial charge in [0.2, 0.25) is 0 Å². The van der Waals surface area contributed by atoms with Crippen LogP contribution in [0.1, 0.15) is 110 Å². The van der Waals surface area contributed by atoms with Gasteiger partial charge in [0.15, 0.2) is 0 Å². The van der Waals surface area contributed by atoms with Gasteiger partial charge in [0.25, 0.3) is 0 Å². The van der Waals surface area contributed by atoms with Crippen LogP contribution in [0, 0.1) is 0 Å². The van der Waals surface area contributed by atoms with E-state index in [2.05, 4.69) is 6.92 Å². The molecule has 1 atom stereocenters. The predicted molar refractivity (Wildman–Crippen MR) is 85.1 cm³/mol. The number of hydrogen-bond acceptors (Lipinski definition) is 0. The van der Waals surface area contributed by atoms with E-state index < -0.39 is 0 Å². The highest BCUT2D eigenvalue weighted by Crippen LogP contribution is 2.13. The van der Waals surface area contributed by atoms with Crippen LogP contribution in [0.5, 0.6) is 0 Å². The van der Waals surface area contributed by atoms with E-state index in [1.807, 2.05) is 0 Å². The lowest BCUT2D eigenvalue weighted by Crippen LogP contribution is -1.95. The van der Waals surface area contributed by atoms with Crippen molar-refractivity contribution >= 4 is 0 Å². The Morgan fingerprint density at radius 1 is 0.579 bits per heavy atom. The van der Waals surface area contributed by atoms with Crippen LogP contribution < -0.4 is 0 Å². The maximum absolute atomic E-state index is 10.8. The molecule has 1 radical (unpaired) electrons. The molecule has 0 amide bonds. The third kappa shape index (κ3) is 18.0. The van der Waals surface area contributed by atoms with Crippen molar-refractivity contribution in [1.82, 2.24) is 0 Å². The third-order valence-corrected chi connectivity index (χ3v) is 3.96. The van der Waals surface area contributed by atoms with Crippen molar-refractivity contribution in [1.29, 1.82) is 0 Å². The third-order valence-electron chi connectivity index (χ3n) is 3.96. The SMILES string of the molecule is CCCCCCCCCCCCCCCCC(C)[O]. The van der Waals surface area contributed by atoms with Crippen molar-refractivity contribution in [3.8, 4) is 0 Å². The van der Waals surface area contributed by atoms with Crippen LogP contribution in [0.3, 0.4) is 0 Å². The van der Waals surface area contributed by atoms with E-state index in [4.69, 9.17) is 0 Å². The summed E-state index contributed by atoms with van der Waals surface area (Å²) in [5.41, 5.74) is 0. The van der Waals surface area contributed by atoms with Gasteiger partial charge in [-0.2, -0.15) is 0 Å². The van der Waals surface area contributed by atoms with Gasteiger partial charge in [-0.25, -0.2) is 5.11 Å². The van der Waals surface area contributed by atoms with Crippen molar-refractivity contribution in [3.63, 3.8) is 0 Å². The van der Waals surface area contributed by atoms with E-state index in [0.29, 0.717) is 0 Å². The fourth-order valence-corrected chi connectivity index (χ4v) is 2.63. The second-order valence-corrected chi connectivity index (χ2v) is 6.20. The van der Waals surface area contributed by atoms with E-state index >= 15 is 0 Å². The molecule has 0 saturated carbocycles. The highest BCUT2D eigenvalue weighted by Gasteiger charge is 1.97. The first-order chi connectivity index (χ1) is 9.27. The van der Waals surface area contributed by atoms with E-state index in [0.717, 1.165) is 12.8 Å². The summed E-state index contributed by atoms with van der Waals surface area (Å²) in [6.07, 6.45) is 19.9. The van der Waals surface area contributed by atoms with Crippen LogP contribution >= 0.6 is 0 Å². The molecule has 0 aromatic heterocycles. The Morgan fingerprint density at radius 2 is 0.895 bits per heavy atom. The quantitative estimate of drug-likeness (QED) is 0.296. The molecule has 1 heteroatoms. The first kappa shape index (κ1) is 19.0. The fraction of sp³-hybridized carbons (Fsp3) is 1.00. The van der Waals surface area contributed by atoms with E-state index in [1.165, 1.54) is 83.5 Å². The minimum Gasteiger partial charge on any atom is -0.233 e. The standard InChI is InChI=1S/C18H37O/c1-3-4-5-6-7-8-9-10-11-12-13-14-15-16-17-18(2)19/h18H,3-17H2,1-2H3. The zero-order valence-corrected chi connectivity index (χ0v) is 13.6. The fourth-order valence-electron chi connectivity index (χ4n) is 2.63. The van der Waals surface area contributed by atoms with Crippen molar-refractivity contribution in [2.75, 3.05) is 0 Å². The molecule has 0 aliphatic carbocycles. The molecule has 0 spiro atoms. The van der Waals surface area contributed by atoms with Gasteiger partial charge in [0.05, 0.1) is 6.10 Å². The summed E-state index contributed by atoms with van der Waals surface area (Å²) >= 11 is 0. The monoisotopic (exact) mass is 269 g/mol. The highest BCUT2D eigenvalue weighted by atomic mass is 16.3. The lowest BCUT2D eigenvalue weighted by atomic mass is 10.0. The molecule has 0 heterocycles. The summed E-state index contributed by atoms with van der Waals surface area (Å²) in [7, 11) is 0. The molecule has 1 nitrogen and oxygen atoms in total. The molecule has 0 aromatic carbocycles. The zero-order chi connectivity index (χ0) is 14.2. The van der Waals surface area contributed by atoms with Gasteiger partial charge in [0.1, 0.15) is 0 Å². The second kappa shape index (κ2) is 16.0. The van der Waals surface area contributed by atoms with Crippen LogP contribution in [0.4, 0.5) is 0 Å². The minimum atomic E-state index is -0.350. The maximum atomic E-state index is 10.8. The van der Waals surface area contributed by atoms with Gasteiger partial charge < -0.3 is 0 Å². The molecule has 0 rings (SSSR count). The average molecular weight is 269 g/mol. The molecule has 0 aliphatic heterocycles. The first-order valence-electron chi connectivity index (χ1n) is 8.93. The largest absolute Gasteiger partial charge is 0.233 e. The normalized spacial score (nSPS) is 12.8. The van der Waals surface area contributed by atoms with Gasteiger partial charge in [-0.15, -0.1) is 0 Å². The summed E-state index contributed by atoms with van der Waals surface area (Å²) in [4.78, 5) is 0. The number of rotatable bonds is 15. The smallest absolute Gasteiger partial charge is 0.0902 e. The lowest BCUT2D eigenvalue weighted by molar-refractivity contribution is 0.0950. The lowest BCUT2D eigenvalue weighted by Gasteiger charge is -2.03. The van der Waals surface area contributed by atoms with Gasteiger partial charge in [-0.05, 0) is 13.3 Å². The van der Waals surface area contributed by atoms with Crippen molar-refractivity contribution < 1.29 is 5.11 Å². The van der Waals surface area contributed by atoms with Crippen molar-refractivity contribution in [2.45, 2.75) is 116 Å². The summed E-state index contributed by atoms with van der Waals surface area (Å²) in [6, 6.07) is 0. The molecule has 0 N–H and O–H groups in total. The topological polar surface area (TPSA) is 19.9 Å². The molecule has 1 unspecified atom stereocenters. The summed E-state index contributed by atoms with van der Waals surface area (Å²) in [5.74, 6) is 0. The van der Waals surface area contributed by atoms with Gasteiger partial charge in [0, 0.05) is 0 Å². The second-order valence-electron chi connectivity index (χ2n) is 6.20. The average Bonchev–Trinajstić information content (AvgIpc) is 2.39. The minimum absolute atomic E-state index is 0.350. The predicted octanol–water partition coefficient (Wildman–Crippen LogP) is 6.68. The van der Waals surface area contributed by atoms with E-state index in [9.17, 15) is 5.11 Å². The van der Waals surface area contributed by atoms with Crippen LogP contribution in [0.25, 0.3) is 0 Å². The van der Waals surface area contributed by atoms with Crippen LogP contribution in [0.2, 0.25) is 0 Å². The first-order valence-corrected chi connectivity index (χ1v) is 8.93. The number of unbranched alkanes of at least 4 members (excludes halogenated alkanes) is 13. The zero-order valence-electron chi connectivity index (χ0n) is 13.6. The molecule has 0 fully saturated rings. The molecule has 19 heavy (non-hydrogen) atoms. The van der Waals surface area contributed by atoms with Crippen LogP contribution in [0.15, 0.2) is 0 Å². The van der Waals surface area contributed by atoms with Gasteiger partial charge in [-0.3, -0.25) is 0 Å². The van der Waals surface area contributed by atoms with E-state index in [-0.39, 0.29) is 6.10 Å². The van der Waals surface area contributed by atoms with Gasteiger partial charge in [-0.1, -0.05) is 96.8 Å². The Labute approximate surface area is 122 Å². The van der Waals surface area contributed by atoms with Crippen molar-refractivity contribution in [3.05, 3.63) is 0 Å². The van der Waals surface area contributed by atoms with Crippen LogP contribution in [-0.4, -0.2) is 6.10 Å². The Kier molecular flexibility index (Phi) is 16.0. The molecule has 0 saturated heterocycles. The Balaban J connectivity index is 2.91. The summed E-state index contributed by atoms with van der Waals surface area (Å²) in [5, 5.41) is 10.8. The molecular weight excluding hydrogens is 232 g/mol.